The monoisotopic (exact) mass is 311 g/mol. The highest BCUT2D eigenvalue weighted by atomic mass is 16.6. The molecule has 0 radical (unpaired) electrons. The van der Waals surface area contributed by atoms with E-state index in [-0.39, 0.29) is 13.2 Å². The molecule has 0 aromatic heterocycles. The lowest BCUT2D eigenvalue weighted by Crippen LogP contribution is -2.58. The van der Waals surface area contributed by atoms with Crippen molar-refractivity contribution in [2.24, 2.45) is 5.41 Å². The third-order valence-electron chi connectivity index (χ3n) is 5.38. The van der Waals surface area contributed by atoms with Gasteiger partial charge in [-0.15, -0.1) is 0 Å². The summed E-state index contributed by atoms with van der Waals surface area (Å²) < 4.78 is 11.1. The third kappa shape index (κ3) is 1.88. The van der Waals surface area contributed by atoms with Crippen LogP contribution in [0.4, 0.5) is 4.79 Å². The van der Waals surface area contributed by atoms with E-state index in [4.69, 9.17) is 9.47 Å². The van der Waals surface area contributed by atoms with Crippen LogP contribution in [0.1, 0.15) is 25.7 Å². The Hall–Kier alpha value is -1.60. The first kappa shape index (κ1) is 15.3. The average molecular weight is 311 g/mol. The summed E-state index contributed by atoms with van der Waals surface area (Å²) in [5.74, 6) is -0.864. The summed E-state index contributed by atoms with van der Waals surface area (Å²) in [7, 11) is 0. The number of carboxylic acids is 1. The molecule has 0 aromatic carbocycles. The summed E-state index contributed by atoms with van der Waals surface area (Å²) in [5.41, 5.74) is -2.41. The second-order valence-electron chi connectivity index (χ2n) is 6.53. The Morgan fingerprint density at radius 2 is 1.95 bits per heavy atom. The van der Waals surface area contributed by atoms with Gasteiger partial charge in [-0.1, -0.05) is 12.7 Å². The number of carboxylic acid groups (broad SMARTS) is 1. The van der Waals surface area contributed by atoms with Gasteiger partial charge < -0.3 is 24.6 Å². The van der Waals surface area contributed by atoms with E-state index in [0.29, 0.717) is 38.8 Å². The number of carbonyl (C=O) groups excluding carboxylic acids is 1. The van der Waals surface area contributed by atoms with Crippen molar-refractivity contribution in [1.82, 2.24) is 4.90 Å². The molecule has 3 aliphatic heterocycles. The van der Waals surface area contributed by atoms with Gasteiger partial charge in [-0.05, 0) is 25.7 Å². The molecule has 0 unspecified atom stereocenters. The van der Waals surface area contributed by atoms with Crippen LogP contribution in [-0.4, -0.2) is 64.7 Å². The van der Waals surface area contributed by atoms with Crippen LogP contribution in [0.25, 0.3) is 0 Å². The normalized spacial score (nSPS) is 35.0. The van der Waals surface area contributed by atoms with Crippen molar-refractivity contribution < 1.29 is 29.3 Å². The van der Waals surface area contributed by atoms with Gasteiger partial charge >= 0.3 is 12.1 Å². The lowest BCUT2D eigenvalue weighted by Gasteiger charge is -2.46. The van der Waals surface area contributed by atoms with Crippen LogP contribution in [0.15, 0.2) is 12.7 Å². The Labute approximate surface area is 128 Å². The standard InChI is InChI=1S/C15H21NO6/c1-2-7-21-12(20)16-5-3-15(4-6-16)14(11(18)19)8-13(9-14,10-17)22-15/h2,17H,1,3-10H2,(H,18,19). The van der Waals surface area contributed by atoms with Gasteiger partial charge in [0, 0.05) is 13.1 Å². The second-order valence-corrected chi connectivity index (χ2v) is 6.53. The second kappa shape index (κ2) is 4.96. The Balaban J connectivity index is 1.71. The number of carbonyl (C=O) groups is 2. The SMILES string of the molecule is C=CCOC(=O)N1CCC2(CC1)OC1(CO)CC2(C(=O)O)C1. The maximum Gasteiger partial charge on any atom is 0.410 e. The topological polar surface area (TPSA) is 96.3 Å². The smallest absolute Gasteiger partial charge is 0.410 e. The van der Waals surface area contributed by atoms with Crippen LogP contribution in [-0.2, 0) is 14.3 Å². The number of hydrogen-bond acceptors (Lipinski definition) is 5. The van der Waals surface area contributed by atoms with E-state index in [2.05, 4.69) is 6.58 Å². The van der Waals surface area contributed by atoms with Gasteiger partial charge in [0.05, 0.1) is 17.8 Å². The van der Waals surface area contributed by atoms with Crippen LogP contribution < -0.4 is 0 Å². The molecule has 0 aromatic rings. The molecule has 3 saturated heterocycles. The zero-order chi connectivity index (χ0) is 16.0. The van der Waals surface area contributed by atoms with E-state index < -0.39 is 28.7 Å². The molecule has 1 spiro atoms. The molecule has 7 nitrogen and oxygen atoms in total. The van der Waals surface area contributed by atoms with Crippen LogP contribution in [0.2, 0.25) is 0 Å². The number of rotatable bonds is 4. The Morgan fingerprint density at radius 1 is 1.32 bits per heavy atom. The summed E-state index contributed by atoms with van der Waals surface area (Å²) >= 11 is 0. The number of aliphatic hydroxyl groups excluding tert-OH is 1. The lowest BCUT2D eigenvalue weighted by atomic mass is 9.54. The van der Waals surface area contributed by atoms with Gasteiger partial charge in [0.2, 0.25) is 0 Å². The number of hydrogen-bond donors (Lipinski definition) is 2. The van der Waals surface area contributed by atoms with Gasteiger partial charge in [-0.25, -0.2) is 4.79 Å². The first-order chi connectivity index (χ1) is 10.4. The summed E-state index contributed by atoms with van der Waals surface area (Å²) in [6.45, 7) is 4.28. The molecular formula is C15H21NO6. The number of nitrogens with zero attached hydrogens (tertiary/aromatic N) is 1. The quantitative estimate of drug-likeness (QED) is 0.745. The molecule has 22 heavy (non-hydrogen) atoms. The summed E-state index contributed by atoms with van der Waals surface area (Å²) in [6.07, 6.45) is 2.69. The van der Waals surface area contributed by atoms with E-state index in [1.165, 1.54) is 6.08 Å². The molecule has 1 saturated carbocycles. The fraction of sp³-hybridized carbons (Fsp3) is 0.733. The van der Waals surface area contributed by atoms with Crippen molar-refractivity contribution >= 4 is 12.1 Å². The molecular weight excluding hydrogens is 290 g/mol. The molecule has 1 amide bonds. The van der Waals surface area contributed by atoms with Crippen LogP contribution in [0.5, 0.6) is 0 Å². The zero-order valence-corrected chi connectivity index (χ0v) is 12.4. The number of aliphatic carboxylic acids is 1. The van der Waals surface area contributed by atoms with E-state index >= 15 is 0 Å². The molecule has 0 atom stereocenters. The maximum absolute atomic E-state index is 11.8. The minimum Gasteiger partial charge on any atom is -0.481 e. The molecule has 4 aliphatic rings. The van der Waals surface area contributed by atoms with Crippen molar-refractivity contribution in [3.8, 4) is 0 Å². The molecule has 3 heterocycles. The van der Waals surface area contributed by atoms with Gasteiger partial charge in [0.25, 0.3) is 0 Å². The average Bonchev–Trinajstić information content (AvgIpc) is 2.90. The minimum absolute atomic E-state index is 0.156. The molecule has 4 fully saturated rings. The van der Waals surface area contributed by atoms with Crippen molar-refractivity contribution in [2.45, 2.75) is 36.9 Å². The molecule has 1 aliphatic carbocycles. The number of amides is 1. The third-order valence-corrected chi connectivity index (χ3v) is 5.38. The van der Waals surface area contributed by atoms with E-state index in [1.54, 1.807) is 4.90 Å². The lowest BCUT2D eigenvalue weighted by molar-refractivity contribution is -0.160. The highest BCUT2D eigenvalue weighted by Gasteiger charge is 2.78. The van der Waals surface area contributed by atoms with Crippen molar-refractivity contribution in [3.63, 3.8) is 0 Å². The van der Waals surface area contributed by atoms with Crippen LogP contribution >= 0.6 is 0 Å². The summed E-state index contributed by atoms with van der Waals surface area (Å²) in [6, 6.07) is 0. The Bertz CT molecular complexity index is 502. The predicted molar refractivity (Wildman–Crippen MR) is 75.3 cm³/mol. The van der Waals surface area contributed by atoms with Gasteiger partial charge in [-0.3, -0.25) is 4.79 Å². The first-order valence-corrected chi connectivity index (χ1v) is 7.50. The Morgan fingerprint density at radius 3 is 2.45 bits per heavy atom. The first-order valence-electron chi connectivity index (χ1n) is 7.50. The largest absolute Gasteiger partial charge is 0.481 e. The zero-order valence-electron chi connectivity index (χ0n) is 12.4. The van der Waals surface area contributed by atoms with Gasteiger partial charge in [0.15, 0.2) is 0 Å². The van der Waals surface area contributed by atoms with E-state index in [0.717, 1.165) is 0 Å². The summed E-state index contributed by atoms with van der Waals surface area (Å²) in [4.78, 5) is 25.2. The van der Waals surface area contributed by atoms with Crippen LogP contribution in [0.3, 0.4) is 0 Å². The van der Waals surface area contributed by atoms with E-state index in [1.807, 2.05) is 0 Å². The number of likely N-dealkylation sites (tertiary alicyclic amines) is 1. The van der Waals surface area contributed by atoms with E-state index in [9.17, 15) is 19.8 Å². The molecule has 2 N–H and O–H groups in total. The fourth-order valence-electron chi connectivity index (χ4n) is 4.30. The fourth-order valence-corrected chi connectivity index (χ4v) is 4.30. The van der Waals surface area contributed by atoms with Crippen molar-refractivity contribution in [2.75, 3.05) is 26.3 Å². The minimum atomic E-state index is -0.924. The molecule has 122 valence electrons. The number of ether oxygens (including phenoxy) is 2. The Kier molecular flexibility index (Phi) is 3.45. The number of piperidine rings is 1. The molecule has 4 rings (SSSR count). The van der Waals surface area contributed by atoms with Crippen molar-refractivity contribution in [1.29, 1.82) is 0 Å². The predicted octanol–water partition coefficient (Wildman–Crippen LogP) is 0.770. The molecule has 2 bridgehead atoms. The highest BCUT2D eigenvalue weighted by molar-refractivity contribution is 5.80. The van der Waals surface area contributed by atoms with Gasteiger partial charge in [-0.2, -0.15) is 0 Å². The highest BCUT2D eigenvalue weighted by Crippen LogP contribution is 2.69. The van der Waals surface area contributed by atoms with Crippen molar-refractivity contribution in [3.05, 3.63) is 12.7 Å². The number of aliphatic hydroxyl groups is 1. The van der Waals surface area contributed by atoms with Gasteiger partial charge in [0.1, 0.15) is 12.0 Å². The summed E-state index contributed by atoms with van der Waals surface area (Å²) in [5, 5.41) is 19.2. The van der Waals surface area contributed by atoms with Crippen LogP contribution in [0, 0.1) is 5.41 Å². The maximum atomic E-state index is 11.8. The molecule has 7 heteroatoms.